The van der Waals surface area contributed by atoms with Crippen LogP contribution >= 0.6 is 22.9 Å². The van der Waals surface area contributed by atoms with Gasteiger partial charge in [0.25, 0.3) is 0 Å². The molecule has 0 unspecified atom stereocenters. The molecule has 0 N–H and O–H groups in total. The SMILES string of the molecule is COC(=O)c1cc(-c2nn(C)cc2Cl)cs1. The summed E-state index contributed by atoms with van der Waals surface area (Å²) in [5.41, 5.74) is 1.51. The molecule has 16 heavy (non-hydrogen) atoms. The van der Waals surface area contributed by atoms with Gasteiger partial charge in [-0.05, 0) is 6.07 Å². The van der Waals surface area contributed by atoms with Crippen LogP contribution in [0.5, 0.6) is 0 Å². The minimum absolute atomic E-state index is 0.344. The van der Waals surface area contributed by atoms with Crippen LogP contribution in [0.3, 0.4) is 0 Å². The first-order chi connectivity index (χ1) is 7.61. The van der Waals surface area contributed by atoms with Crippen molar-refractivity contribution in [3.05, 3.63) is 27.5 Å². The average Bonchev–Trinajstić information content (AvgIpc) is 2.83. The fraction of sp³-hybridized carbons (Fsp3) is 0.200. The van der Waals surface area contributed by atoms with E-state index < -0.39 is 0 Å². The smallest absolute Gasteiger partial charge is 0.348 e. The third-order valence-electron chi connectivity index (χ3n) is 2.04. The van der Waals surface area contributed by atoms with Crippen LogP contribution in [0.25, 0.3) is 11.3 Å². The second-order valence-corrected chi connectivity index (χ2v) is 4.51. The van der Waals surface area contributed by atoms with Gasteiger partial charge >= 0.3 is 5.97 Å². The molecule has 2 heterocycles. The summed E-state index contributed by atoms with van der Waals surface area (Å²) in [4.78, 5) is 11.8. The number of methoxy groups -OCH3 is 1. The number of esters is 1. The predicted octanol–water partition coefficient (Wildman–Crippen LogP) is 2.59. The Kier molecular flexibility index (Phi) is 2.98. The zero-order valence-corrected chi connectivity index (χ0v) is 10.3. The number of aromatic nitrogens is 2. The Morgan fingerprint density at radius 3 is 2.94 bits per heavy atom. The molecule has 2 aromatic rings. The first-order valence-corrected chi connectivity index (χ1v) is 5.74. The number of nitrogens with zero attached hydrogens (tertiary/aromatic N) is 2. The summed E-state index contributed by atoms with van der Waals surface area (Å²) >= 11 is 7.32. The summed E-state index contributed by atoms with van der Waals surface area (Å²) in [6.07, 6.45) is 1.71. The van der Waals surface area contributed by atoms with E-state index in [9.17, 15) is 4.79 Å². The number of rotatable bonds is 2. The second kappa shape index (κ2) is 4.27. The van der Waals surface area contributed by atoms with Crippen LogP contribution in [0, 0.1) is 0 Å². The van der Waals surface area contributed by atoms with E-state index in [0.29, 0.717) is 15.6 Å². The molecule has 6 heteroatoms. The summed E-state index contributed by atoms with van der Waals surface area (Å²) in [5.74, 6) is -0.344. The molecule has 0 saturated carbocycles. The molecule has 0 spiro atoms. The molecule has 0 bridgehead atoms. The fourth-order valence-electron chi connectivity index (χ4n) is 1.32. The monoisotopic (exact) mass is 256 g/mol. The van der Waals surface area contributed by atoms with Crippen LogP contribution in [-0.4, -0.2) is 22.9 Å². The molecular formula is C10H9ClN2O2S. The highest BCUT2D eigenvalue weighted by Crippen LogP contribution is 2.30. The molecule has 0 aromatic carbocycles. The van der Waals surface area contributed by atoms with Gasteiger partial charge < -0.3 is 4.74 Å². The van der Waals surface area contributed by atoms with Crippen molar-refractivity contribution in [2.24, 2.45) is 7.05 Å². The zero-order chi connectivity index (χ0) is 11.7. The van der Waals surface area contributed by atoms with Gasteiger partial charge in [-0.25, -0.2) is 4.79 Å². The quantitative estimate of drug-likeness (QED) is 0.776. The molecule has 0 aliphatic rings. The first kappa shape index (κ1) is 11.2. The molecular weight excluding hydrogens is 248 g/mol. The van der Waals surface area contributed by atoms with E-state index in [1.54, 1.807) is 24.0 Å². The van der Waals surface area contributed by atoms with Gasteiger partial charge in [-0.15, -0.1) is 11.3 Å². The van der Waals surface area contributed by atoms with Crippen molar-refractivity contribution in [1.29, 1.82) is 0 Å². The lowest BCUT2D eigenvalue weighted by molar-refractivity contribution is 0.0606. The van der Waals surface area contributed by atoms with Crippen LogP contribution in [0.1, 0.15) is 9.67 Å². The number of halogens is 1. The van der Waals surface area contributed by atoms with Gasteiger partial charge in [0.2, 0.25) is 0 Å². The first-order valence-electron chi connectivity index (χ1n) is 4.48. The van der Waals surface area contributed by atoms with Gasteiger partial charge in [0.15, 0.2) is 0 Å². The van der Waals surface area contributed by atoms with Gasteiger partial charge in [0.1, 0.15) is 10.6 Å². The van der Waals surface area contributed by atoms with Gasteiger partial charge in [0.05, 0.1) is 12.1 Å². The Bertz CT molecular complexity index is 533. The predicted molar refractivity (Wildman–Crippen MR) is 62.9 cm³/mol. The van der Waals surface area contributed by atoms with Gasteiger partial charge in [-0.2, -0.15) is 5.10 Å². The molecule has 4 nitrogen and oxygen atoms in total. The highest BCUT2D eigenvalue weighted by atomic mass is 35.5. The Labute approximate surface area is 101 Å². The third-order valence-corrected chi connectivity index (χ3v) is 3.23. The molecule has 0 aliphatic heterocycles. The molecule has 0 saturated heterocycles. The lowest BCUT2D eigenvalue weighted by Gasteiger charge is -1.92. The Balaban J connectivity index is 2.38. The van der Waals surface area contributed by atoms with Crippen LogP contribution < -0.4 is 0 Å². The molecule has 84 valence electrons. The lowest BCUT2D eigenvalue weighted by atomic mass is 10.2. The minimum atomic E-state index is -0.344. The highest BCUT2D eigenvalue weighted by molar-refractivity contribution is 7.12. The van der Waals surface area contributed by atoms with Crippen LogP contribution in [-0.2, 0) is 11.8 Å². The number of thiophene rings is 1. The Morgan fingerprint density at radius 1 is 1.62 bits per heavy atom. The average molecular weight is 257 g/mol. The van der Waals surface area contributed by atoms with Gasteiger partial charge in [-0.3, -0.25) is 4.68 Å². The van der Waals surface area contributed by atoms with Crippen molar-refractivity contribution in [3.63, 3.8) is 0 Å². The highest BCUT2D eigenvalue weighted by Gasteiger charge is 2.14. The summed E-state index contributed by atoms with van der Waals surface area (Å²) in [6.45, 7) is 0. The maximum absolute atomic E-state index is 11.3. The standard InChI is InChI=1S/C10H9ClN2O2S/c1-13-4-7(11)9(12-13)6-3-8(16-5-6)10(14)15-2/h3-5H,1-2H3. The molecule has 0 fully saturated rings. The second-order valence-electron chi connectivity index (χ2n) is 3.19. The van der Waals surface area contributed by atoms with Gasteiger partial charge in [-0.1, -0.05) is 11.6 Å². The Hall–Kier alpha value is -1.33. The molecule has 2 rings (SSSR count). The fourth-order valence-corrected chi connectivity index (χ4v) is 2.42. The van der Waals surface area contributed by atoms with Crippen LogP contribution in [0.15, 0.2) is 17.6 Å². The number of hydrogen-bond donors (Lipinski definition) is 0. The summed E-state index contributed by atoms with van der Waals surface area (Å²) in [7, 11) is 3.15. The Morgan fingerprint density at radius 2 is 2.38 bits per heavy atom. The topological polar surface area (TPSA) is 44.1 Å². The maximum Gasteiger partial charge on any atom is 0.348 e. The van der Waals surface area contributed by atoms with E-state index in [1.165, 1.54) is 18.4 Å². The summed E-state index contributed by atoms with van der Waals surface area (Å²) in [6, 6.07) is 1.73. The van der Waals surface area contributed by atoms with Crippen LogP contribution in [0.4, 0.5) is 0 Å². The number of carbonyl (C=O) groups is 1. The maximum atomic E-state index is 11.3. The summed E-state index contributed by atoms with van der Waals surface area (Å²) in [5, 5.41) is 6.62. The number of ether oxygens (including phenoxy) is 1. The summed E-state index contributed by atoms with van der Waals surface area (Å²) < 4.78 is 6.27. The van der Waals surface area contributed by atoms with Crippen molar-refractivity contribution in [2.45, 2.75) is 0 Å². The third kappa shape index (κ3) is 1.96. The molecule has 0 amide bonds. The normalized spacial score (nSPS) is 10.4. The van der Waals surface area contributed by atoms with E-state index in [4.69, 9.17) is 11.6 Å². The number of aryl methyl sites for hydroxylation is 1. The van der Waals surface area contributed by atoms with Gasteiger partial charge in [0, 0.05) is 24.2 Å². The van der Waals surface area contributed by atoms with E-state index in [0.717, 1.165) is 5.56 Å². The molecule has 2 aromatic heterocycles. The van der Waals surface area contributed by atoms with Crippen LogP contribution in [0.2, 0.25) is 5.02 Å². The van der Waals surface area contributed by atoms with E-state index >= 15 is 0 Å². The molecule has 0 atom stereocenters. The van der Waals surface area contributed by atoms with Crippen molar-refractivity contribution in [3.8, 4) is 11.3 Å². The van der Waals surface area contributed by atoms with E-state index in [2.05, 4.69) is 9.84 Å². The zero-order valence-electron chi connectivity index (χ0n) is 8.73. The van der Waals surface area contributed by atoms with Crippen molar-refractivity contribution in [1.82, 2.24) is 9.78 Å². The van der Waals surface area contributed by atoms with Crippen molar-refractivity contribution in [2.75, 3.05) is 7.11 Å². The molecule has 0 aliphatic carbocycles. The lowest BCUT2D eigenvalue weighted by Crippen LogP contribution is -1.96. The minimum Gasteiger partial charge on any atom is -0.465 e. The number of hydrogen-bond acceptors (Lipinski definition) is 4. The molecule has 0 radical (unpaired) electrons. The number of carbonyl (C=O) groups excluding carboxylic acids is 1. The van der Waals surface area contributed by atoms with E-state index in [-0.39, 0.29) is 5.97 Å². The largest absolute Gasteiger partial charge is 0.465 e. The van der Waals surface area contributed by atoms with E-state index in [1.807, 2.05) is 5.38 Å². The van der Waals surface area contributed by atoms with Crippen molar-refractivity contribution >= 4 is 28.9 Å². The van der Waals surface area contributed by atoms with Crippen molar-refractivity contribution < 1.29 is 9.53 Å².